The van der Waals surface area contributed by atoms with E-state index < -0.39 is 0 Å². The summed E-state index contributed by atoms with van der Waals surface area (Å²) in [5, 5.41) is 0. The zero-order chi connectivity index (χ0) is 11.8. The molecule has 3 aliphatic rings. The van der Waals surface area contributed by atoms with Crippen LogP contribution in [0.15, 0.2) is 18.2 Å². The van der Waals surface area contributed by atoms with Crippen LogP contribution in [0.1, 0.15) is 12.8 Å². The summed E-state index contributed by atoms with van der Waals surface area (Å²) in [7, 11) is 0. The largest absolute Gasteiger partial charge is 0.487 e. The van der Waals surface area contributed by atoms with Crippen molar-refractivity contribution in [1.82, 2.24) is 4.90 Å². The van der Waals surface area contributed by atoms with Crippen LogP contribution in [-0.4, -0.2) is 30.6 Å². The van der Waals surface area contributed by atoms with Gasteiger partial charge in [-0.1, -0.05) is 0 Å². The van der Waals surface area contributed by atoms with Crippen LogP contribution in [0.4, 0.5) is 10.1 Å². The van der Waals surface area contributed by atoms with E-state index in [1.807, 2.05) is 0 Å². The number of fused-ring (bicyclic) bond motifs is 3. The SMILES string of the molecule is Nc1cc(F)ccc1OC1CN2CCC1CC2. The lowest BCUT2D eigenvalue weighted by Gasteiger charge is -2.44. The number of nitrogens with two attached hydrogens (primary N) is 1. The summed E-state index contributed by atoms with van der Waals surface area (Å²) in [4.78, 5) is 2.42. The van der Waals surface area contributed by atoms with Gasteiger partial charge in [0.1, 0.15) is 17.7 Å². The molecule has 1 aromatic carbocycles. The Morgan fingerprint density at radius 2 is 2.06 bits per heavy atom. The Labute approximate surface area is 100 Å². The Bertz CT molecular complexity index is 416. The molecular weight excluding hydrogens is 219 g/mol. The third-order valence-electron chi connectivity index (χ3n) is 3.85. The standard InChI is InChI=1S/C13H17FN2O/c14-10-1-2-12(11(15)7-10)17-13-8-16-5-3-9(13)4-6-16/h1-2,7,9,13H,3-6,8,15H2. The van der Waals surface area contributed by atoms with Crippen molar-refractivity contribution in [3.05, 3.63) is 24.0 Å². The van der Waals surface area contributed by atoms with E-state index in [9.17, 15) is 4.39 Å². The Hall–Kier alpha value is -1.29. The number of hydrogen-bond acceptors (Lipinski definition) is 3. The van der Waals surface area contributed by atoms with E-state index in [0.29, 0.717) is 17.4 Å². The number of nitrogens with zero attached hydrogens (tertiary/aromatic N) is 1. The second-order valence-corrected chi connectivity index (χ2v) is 4.98. The molecule has 92 valence electrons. The summed E-state index contributed by atoms with van der Waals surface area (Å²) >= 11 is 0. The van der Waals surface area contributed by atoms with Crippen LogP contribution in [0, 0.1) is 11.7 Å². The van der Waals surface area contributed by atoms with Crippen LogP contribution < -0.4 is 10.5 Å². The molecule has 0 spiro atoms. The first-order valence-corrected chi connectivity index (χ1v) is 6.16. The molecule has 4 heteroatoms. The lowest BCUT2D eigenvalue weighted by atomic mass is 9.86. The maximum atomic E-state index is 12.9. The predicted octanol–water partition coefficient (Wildman–Crippen LogP) is 1.88. The van der Waals surface area contributed by atoms with Crippen molar-refractivity contribution in [3.63, 3.8) is 0 Å². The summed E-state index contributed by atoms with van der Waals surface area (Å²) in [6.45, 7) is 3.34. The predicted molar refractivity (Wildman–Crippen MR) is 64.4 cm³/mol. The molecule has 4 rings (SSSR count). The van der Waals surface area contributed by atoms with Crippen molar-refractivity contribution in [3.8, 4) is 5.75 Å². The maximum Gasteiger partial charge on any atom is 0.142 e. The first-order chi connectivity index (χ1) is 8.22. The molecule has 0 amide bonds. The molecule has 0 aromatic heterocycles. The number of anilines is 1. The van der Waals surface area contributed by atoms with Crippen molar-refractivity contribution < 1.29 is 9.13 Å². The van der Waals surface area contributed by atoms with E-state index >= 15 is 0 Å². The van der Waals surface area contributed by atoms with Crippen LogP contribution in [0.2, 0.25) is 0 Å². The summed E-state index contributed by atoms with van der Waals surface area (Å²) < 4.78 is 18.9. The normalized spacial score (nSPS) is 31.5. The van der Waals surface area contributed by atoms with Gasteiger partial charge in [0.25, 0.3) is 0 Å². The van der Waals surface area contributed by atoms with Gasteiger partial charge in [-0.3, -0.25) is 4.90 Å². The highest BCUT2D eigenvalue weighted by atomic mass is 19.1. The Kier molecular flexibility index (Phi) is 2.67. The van der Waals surface area contributed by atoms with Crippen LogP contribution in [0.25, 0.3) is 0 Å². The van der Waals surface area contributed by atoms with Crippen LogP contribution in [-0.2, 0) is 0 Å². The van der Waals surface area contributed by atoms with Crippen molar-refractivity contribution in [2.24, 2.45) is 5.92 Å². The molecule has 3 nitrogen and oxygen atoms in total. The Morgan fingerprint density at radius 1 is 1.29 bits per heavy atom. The second-order valence-electron chi connectivity index (χ2n) is 4.98. The molecule has 17 heavy (non-hydrogen) atoms. The van der Waals surface area contributed by atoms with Crippen molar-refractivity contribution in [1.29, 1.82) is 0 Å². The lowest BCUT2D eigenvalue weighted by molar-refractivity contribution is -0.00741. The van der Waals surface area contributed by atoms with E-state index in [2.05, 4.69) is 4.90 Å². The van der Waals surface area contributed by atoms with Crippen LogP contribution >= 0.6 is 0 Å². The van der Waals surface area contributed by atoms with Gasteiger partial charge < -0.3 is 10.5 Å². The minimum absolute atomic E-state index is 0.213. The Balaban J connectivity index is 1.74. The quantitative estimate of drug-likeness (QED) is 0.797. The monoisotopic (exact) mass is 236 g/mol. The minimum atomic E-state index is -0.316. The smallest absolute Gasteiger partial charge is 0.142 e. The van der Waals surface area contributed by atoms with Gasteiger partial charge >= 0.3 is 0 Å². The lowest BCUT2D eigenvalue weighted by Crippen LogP contribution is -2.52. The molecule has 3 heterocycles. The number of hydrogen-bond donors (Lipinski definition) is 1. The van der Waals surface area contributed by atoms with Gasteiger partial charge in [-0.2, -0.15) is 0 Å². The van der Waals surface area contributed by atoms with Gasteiger partial charge in [0.2, 0.25) is 0 Å². The number of halogens is 1. The van der Waals surface area contributed by atoms with Crippen LogP contribution in [0.3, 0.4) is 0 Å². The first kappa shape index (κ1) is 10.8. The highest BCUT2D eigenvalue weighted by molar-refractivity contribution is 5.52. The maximum absolute atomic E-state index is 12.9. The van der Waals surface area contributed by atoms with Gasteiger partial charge in [0.05, 0.1) is 5.69 Å². The summed E-state index contributed by atoms with van der Waals surface area (Å²) in [5.41, 5.74) is 6.15. The molecule has 3 fully saturated rings. The third-order valence-corrected chi connectivity index (χ3v) is 3.85. The fourth-order valence-electron chi connectivity index (χ4n) is 2.83. The number of benzene rings is 1. The highest BCUT2D eigenvalue weighted by Gasteiger charge is 2.35. The number of rotatable bonds is 2. The topological polar surface area (TPSA) is 38.5 Å². The van der Waals surface area contributed by atoms with Gasteiger partial charge in [0, 0.05) is 12.6 Å². The van der Waals surface area contributed by atoms with E-state index in [0.717, 1.165) is 6.54 Å². The molecule has 2 bridgehead atoms. The van der Waals surface area contributed by atoms with Crippen LogP contribution in [0.5, 0.6) is 5.75 Å². The average Bonchev–Trinajstić information content (AvgIpc) is 2.34. The molecule has 1 aromatic rings. The summed E-state index contributed by atoms with van der Waals surface area (Å²) in [6, 6.07) is 4.34. The molecule has 0 radical (unpaired) electrons. The van der Waals surface area contributed by atoms with E-state index in [-0.39, 0.29) is 11.9 Å². The molecule has 1 unspecified atom stereocenters. The molecular formula is C13H17FN2O. The Morgan fingerprint density at radius 3 is 2.65 bits per heavy atom. The van der Waals surface area contributed by atoms with E-state index in [4.69, 9.17) is 10.5 Å². The molecule has 0 aliphatic carbocycles. The first-order valence-electron chi connectivity index (χ1n) is 6.16. The van der Waals surface area contributed by atoms with Crippen molar-refractivity contribution >= 4 is 5.69 Å². The third kappa shape index (κ3) is 2.09. The van der Waals surface area contributed by atoms with Crippen molar-refractivity contribution in [2.75, 3.05) is 25.4 Å². The number of nitrogen functional groups attached to an aromatic ring is 1. The number of piperidine rings is 3. The fraction of sp³-hybridized carbons (Fsp3) is 0.538. The summed E-state index contributed by atoms with van der Waals surface area (Å²) in [6.07, 6.45) is 2.61. The zero-order valence-corrected chi connectivity index (χ0v) is 9.73. The molecule has 0 saturated carbocycles. The molecule has 2 N–H and O–H groups in total. The average molecular weight is 236 g/mol. The van der Waals surface area contributed by atoms with Gasteiger partial charge in [-0.25, -0.2) is 4.39 Å². The highest BCUT2D eigenvalue weighted by Crippen LogP contribution is 2.32. The molecule has 3 saturated heterocycles. The minimum Gasteiger partial charge on any atom is -0.487 e. The molecule has 1 atom stereocenters. The van der Waals surface area contributed by atoms with E-state index in [1.165, 1.54) is 38.1 Å². The van der Waals surface area contributed by atoms with Crippen molar-refractivity contribution in [2.45, 2.75) is 18.9 Å². The van der Waals surface area contributed by atoms with Gasteiger partial charge in [-0.05, 0) is 44.0 Å². The fourth-order valence-corrected chi connectivity index (χ4v) is 2.83. The zero-order valence-electron chi connectivity index (χ0n) is 9.73. The van der Waals surface area contributed by atoms with E-state index in [1.54, 1.807) is 6.07 Å². The van der Waals surface area contributed by atoms with Gasteiger partial charge in [-0.15, -0.1) is 0 Å². The summed E-state index contributed by atoms with van der Waals surface area (Å²) in [5.74, 6) is 0.929. The molecule has 3 aliphatic heterocycles. The number of ether oxygens (including phenoxy) is 1. The van der Waals surface area contributed by atoms with Gasteiger partial charge in [0.15, 0.2) is 0 Å². The second kappa shape index (κ2) is 4.18.